The lowest BCUT2D eigenvalue weighted by Gasteiger charge is -2.17. The molecule has 0 atom stereocenters. The van der Waals surface area contributed by atoms with E-state index in [9.17, 15) is 13.6 Å². The Hall–Kier alpha value is -0.710. The lowest BCUT2D eigenvalue weighted by Crippen LogP contribution is -2.42. The minimum Gasteiger partial charge on any atom is -0.350 e. The van der Waals surface area contributed by atoms with Crippen LogP contribution in [-0.4, -0.2) is 24.9 Å². The van der Waals surface area contributed by atoms with Gasteiger partial charge in [0, 0.05) is 19.5 Å². The van der Waals surface area contributed by atoms with Crippen LogP contribution in [0.5, 0.6) is 0 Å². The molecule has 3 N–H and O–H groups in total. The van der Waals surface area contributed by atoms with Crippen molar-refractivity contribution in [2.24, 2.45) is 11.7 Å². The summed E-state index contributed by atoms with van der Waals surface area (Å²) in [5, 5.41) is 2.06. The summed E-state index contributed by atoms with van der Waals surface area (Å²) in [6.07, 6.45) is -0.427. The molecule has 0 fully saturated rings. The fourth-order valence-corrected chi connectivity index (χ4v) is 0.920. The first-order valence-electron chi connectivity index (χ1n) is 4.26. The average Bonchev–Trinajstić information content (AvgIpc) is 1.97. The summed E-state index contributed by atoms with van der Waals surface area (Å²) in [6.45, 7) is 3.55. The standard InChI is InChI=1S/C8H16F2N2O/c1-6(2)5-8(9,10)7(13)12-4-3-11/h6H,3-5,11H2,1-2H3,(H,12,13). The van der Waals surface area contributed by atoms with Crippen molar-refractivity contribution in [1.29, 1.82) is 0 Å². The van der Waals surface area contributed by atoms with E-state index < -0.39 is 18.3 Å². The van der Waals surface area contributed by atoms with E-state index in [0.717, 1.165) is 0 Å². The average molecular weight is 194 g/mol. The van der Waals surface area contributed by atoms with Gasteiger partial charge < -0.3 is 11.1 Å². The Morgan fingerprint density at radius 1 is 1.54 bits per heavy atom. The third kappa shape index (κ3) is 4.77. The normalized spacial score (nSPS) is 11.8. The fourth-order valence-electron chi connectivity index (χ4n) is 0.920. The van der Waals surface area contributed by atoms with Crippen molar-refractivity contribution in [3.8, 4) is 0 Å². The maximum Gasteiger partial charge on any atom is 0.324 e. The van der Waals surface area contributed by atoms with Gasteiger partial charge in [0.15, 0.2) is 0 Å². The van der Waals surface area contributed by atoms with E-state index in [0.29, 0.717) is 0 Å². The minimum atomic E-state index is -3.27. The summed E-state index contributed by atoms with van der Waals surface area (Å²) in [6, 6.07) is 0. The van der Waals surface area contributed by atoms with Crippen molar-refractivity contribution in [2.45, 2.75) is 26.2 Å². The highest BCUT2D eigenvalue weighted by Gasteiger charge is 2.38. The number of alkyl halides is 2. The lowest BCUT2D eigenvalue weighted by molar-refractivity contribution is -0.147. The van der Waals surface area contributed by atoms with Gasteiger partial charge in [0.1, 0.15) is 0 Å². The first kappa shape index (κ1) is 12.3. The fraction of sp³-hybridized carbons (Fsp3) is 0.875. The topological polar surface area (TPSA) is 55.1 Å². The molecule has 0 aromatic rings. The van der Waals surface area contributed by atoms with Gasteiger partial charge in [-0.3, -0.25) is 4.79 Å². The molecule has 0 saturated heterocycles. The van der Waals surface area contributed by atoms with Gasteiger partial charge in [-0.25, -0.2) is 0 Å². The van der Waals surface area contributed by atoms with E-state index in [-0.39, 0.29) is 19.0 Å². The van der Waals surface area contributed by atoms with Crippen LogP contribution in [0.15, 0.2) is 0 Å². The van der Waals surface area contributed by atoms with Crippen molar-refractivity contribution in [1.82, 2.24) is 5.32 Å². The highest BCUT2D eigenvalue weighted by molar-refractivity contribution is 5.83. The molecule has 0 aliphatic carbocycles. The number of rotatable bonds is 5. The maximum atomic E-state index is 12.9. The molecular formula is C8H16F2N2O. The number of nitrogens with one attached hydrogen (secondary N) is 1. The molecule has 0 saturated carbocycles. The summed E-state index contributed by atoms with van der Waals surface area (Å²) >= 11 is 0. The number of hydrogen-bond donors (Lipinski definition) is 2. The maximum absolute atomic E-state index is 12.9. The third-order valence-corrected chi connectivity index (χ3v) is 1.43. The van der Waals surface area contributed by atoms with Gasteiger partial charge in [0.25, 0.3) is 5.91 Å². The SMILES string of the molecule is CC(C)CC(F)(F)C(=O)NCCN. The van der Waals surface area contributed by atoms with E-state index in [1.165, 1.54) is 0 Å². The van der Waals surface area contributed by atoms with Gasteiger partial charge in [-0.05, 0) is 5.92 Å². The molecule has 0 heterocycles. The minimum absolute atomic E-state index is 0.0898. The molecule has 0 unspecified atom stereocenters. The first-order chi connectivity index (χ1) is 5.90. The molecule has 0 spiro atoms. The Kier molecular flexibility index (Phi) is 4.83. The van der Waals surface area contributed by atoms with Crippen LogP contribution in [0.25, 0.3) is 0 Å². The van der Waals surface area contributed by atoms with Gasteiger partial charge in [-0.1, -0.05) is 13.8 Å². The van der Waals surface area contributed by atoms with Crippen LogP contribution in [0, 0.1) is 5.92 Å². The largest absolute Gasteiger partial charge is 0.350 e. The first-order valence-corrected chi connectivity index (χ1v) is 4.26. The van der Waals surface area contributed by atoms with Gasteiger partial charge in [0.2, 0.25) is 0 Å². The van der Waals surface area contributed by atoms with Crippen molar-refractivity contribution in [2.75, 3.05) is 13.1 Å². The lowest BCUT2D eigenvalue weighted by atomic mass is 10.0. The zero-order valence-corrected chi connectivity index (χ0v) is 7.94. The number of nitrogens with two attached hydrogens (primary N) is 1. The van der Waals surface area contributed by atoms with E-state index in [2.05, 4.69) is 5.32 Å². The molecule has 0 rings (SSSR count). The molecule has 0 aromatic carbocycles. The summed E-state index contributed by atoms with van der Waals surface area (Å²) in [4.78, 5) is 10.8. The summed E-state index contributed by atoms with van der Waals surface area (Å²) in [7, 11) is 0. The van der Waals surface area contributed by atoms with Crippen LogP contribution in [-0.2, 0) is 4.79 Å². The number of carbonyl (C=O) groups excluding carboxylic acids is 1. The molecule has 0 aliphatic heterocycles. The van der Waals surface area contributed by atoms with E-state index >= 15 is 0 Å². The van der Waals surface area contributed by atoms with Crippen molar-refractivity contribution in [3.05, 3.63) is 0 Å². The molecule has 0 bridgehead atoms. The molecule has 0 aliphatic rings. The molecule has 0 radical (unpaired) electrons. The second kappa shape index (κ2) is 5.11. The Labute approximate surface area is 76.7 Å². The van der Waals surface area contributed by atoms with Crippen LogP contribution < -0.4 is 11.1 Å². The molecule has 5 heteroatoms. The Morgan fingerprint density at radius 2 is 2.08 bits per heavy atom. The zero-order valence-electron chi connectivity index (χ0n) is 7.94. The smallest absolute Gasteiger partial charge is 0.324 e. The molecule has 0 aromatic heterocycles. The van der Waals surface area contributed by atoms with E-state index in [1.807, 2.05) is 0 Å². The van der Waals surface area contributed by atoms with Gasteiger partial charge in [-0.15, -0.1) is 0 Å². The van der Waals surface area contributed by atoms with Crippen molar-refractivity contribution >= 4 is 5.91 Å². The molecule has 1 amide bonds. The number of amides is 1. The van der Waals surface area contributed by atoms with Crippen LogP contribution in [0.4, 0.5) is 8.78 Å². The molecular weight excluding hydrogens is 178 g/mol. The predicted molar refractivity (Wildman–Crippen MR) is 46.5 cm³/mol. The van der Waals surface area contributed by atoms with Crippen LogP contribution in [0.2, 0.25) is 0 Å². The monoisotopic (exact) mass is 194 g/mol. The van der Waals surface area contributed by atoms with Crippen LogP contribution in [0.3, 0.4) is 0 Å². The summed E-state index contributed by atoms with van der Waals surface area (Å²) < 4.78 is 25.9. The Morgan fingerprint density at radius 3 is 2.46 bits per heavy atom. The quantitative estimate of drug-likeness (QED) is 0.678. The predicted octanol–water partition coefficient (Wildman–Crippen LogP) is 0.743. The second-order valence-electron chi connectivity index (χ2n) is 3.35. The molecule has 78 valence electrons. The highest BCUT2D eigenvalue weighted by atomic mass is 19.3. The van der Waals surface area contributed by atoms with Gasteiger partial charge in [0.05, 0.1) is 0 Å². The number of carbonyl (C=O) groups is 1. The molecule has 3 nitrogen and oxygen atoms in total. The zero-order chi connectivity index (χ0) is 10.5. The number of hydrogen-bond acceptors (Lipinski definition) is 2. The van der Waals surface area contributed by atoms with Gasteiger partial charge in [-0.2, -0.15) is 8.78 Å². The highest BCUT2D eigenvalue weighted by Crippen LogP contribution is 2.23. The van der Waals surface area contributed by atoms with Crippen LogP contribution in [0.1, 0.15) is 20.3 Å². The third-order valence-electron chi connectivity index (χ3n) is 1.43. The Balaban J connectivity index is 4.03. The second-order valence-corrected chi connectivity index (χ2v) is 3.35. The number of halogens is 2. The summed E-state index contributed by atoms with van der Waals surface area (Å²) in [5.41, 5.74) is 5.06. The van der Waals surface area contributed by atoms with Gasteiger partial charge >= 0.3 is 5.92 Å². The van der Waals surface area contributed by atoms with E-state index in [4.69, 9.17) is 5.73 Å². The summed E-state index contributed by atoms with van der Waals surface area (Å²) in [5.74, 6) is -4.71. The van der Waals surface area contributed by atoms with E-state index in [1.54, 1.807) is 13.8 Å². The van der Waals surface area contributed by atoms with Crippen molar-refractivity contribution in [3.63, 3.8) is 0 Å². The molecule has 13 heavy (non-hydrogen) atoms. The van der Waals surface area contributed by atoms with Crippen molar-refractivity contribution < 1.29 is 13.6 Å². The van der Waals surface area contributed by atoms with Crippen LogP contribution >= 0.6 is 0 Å². The Bertz CT molecular complexity index is 172.